The van der Waals surface area contributed by atoms with Gasteiger partial charge in [0.25, 0.3) is 0 Å². The molecule has 0 aliphatic carbocycles. The van der Waals surface area contributed by atoms with Crippen LogP contribution in [0.15, 0.2) is 54.6 Å². The summed E-state index contributed by atoms with van der Waals surface area (Å²) in [5.41, 5.74) is 3.31. The minimum atomic E-state index is -0.295. The van der Waals surface area contributed by atoms with Gasteiger partial charge in [-0.25, -0.2) is 0 Å². The molecule has 1 heterocycles. The lowest BCUT2D eigenvalue weighted by atomic mass is 10.1. The Labute approximate surface area is 106 Å². The van der Waals surface area contributed by atoms with E-state index in [9.17, 15) is 0 Å². The molecule has 18 heavy (non-hydrogen) atoms. The van der Waals surface area contributed by atoms with E-state index in [0.29, 0.717) is 0 Å². The monoisotopic (exact) mass is 238 g/mol. The molecule has 0 radical (unpaired) electrons. The van der Waals surface area contributed by atoms with Crippen LogP contribution in [0.3, 0.4) is 0 Å². The third-order valence-electron chi connectivity index (χ3n) is 3.03. The molecule has 0 amide bonds. The quantitative estimate of drug-likeness (QED) is 0.791. The molecule has 0 aromatic heterocycles. The molecule has 2 aromatic rings. The summed E-state index contributed by atoms with van der Waals surface area (Å²) in [7, 11) is 1.66. The van der Waals surface area contributed by atoms with Crippen molar-refractivity contribution < 1.29 is 9.47 Å². The maximum atomic E-state index is 5.82. The smallest absolute Gasteiger partial charge is 0.227 e. The van der Waals surface area contributed by atoms with Gasteiger partial charge < -0.3 is 9.47 Å². The molecule has 1 aliphatic heterocycles. The SMILES string of the molecule is COC1O/C(=C\c2ccccc2)c2ccccc21. The minimum absolute atomic E-state index is 0.295. The number of ether oxygens (including phenoxy) is 2. The molecule has 1 unspecified atom stereocenters. The average Bonchev–Trinajstić information content (AvgIpc) is 2.78. The number of rotatable bonds is 2. The summed E-state index contributed by atoms with van der Waals surface area (Å²) in [6, 6.07) is 18.3. The largest absolute Gasteiger partial charge is 0.460 e. The number of hydrogen-bond donors (Lipinski definition) is 0. The number of fused-ring (bicyclic) bond motifs is 1. The second-order valence-corrected chi connectivity index (χ2v) is 4.19. The number of hydrogen-bond acceptors (Lipinski definition) is 2. The summed E-state index contributed by atoms with van der Waals surface area (Å²) in [6.45, 7) is 0. The molecular formula is C16H14O2. The van der Waals surface area contributed by atoms with E-state index in [-0.39, 0.29) is 6.29 Å². The van der Waals surface area contributed by atoms with Crippen LogP contribution in [0, 0.1) is 0 Å². The van der Waals surface area contributed by atoms with Gasteiger partial charge in [0.1, 0.15) is 5.76 Å². The van der Waals surface area contributed by atoms with Gasteiger partial charge in [-0.2, -0.15) is 0 Å². The van der Waals surface area contributed by atoms with Gasteiger partial charge in [-0.3, -0.25) is 0 Å². The van der Waals surface area contributed by atoms with Crippen LogP contribution in [0.4, 0.5) is 0 Å². The van der Waals surface area contributed by atoms with Gasteiger partial charge in [-0.15, -0.1) is 0 Å². The molecule has 0 fully saturated rings. The van der Waals surface area contributed by atoms with Crippen molar-refractivity contribution in [2.75, 3.05) is 7.11 Å². The van der Waals surface area contributed by atoms with Gasteiger partial charge in [0.2, 0.25) is 6.29 Å². The summed E-state index contributed by atoms with van der Waals surface area (Å²) in [6.07, 6.45) is 1.74. The first-order chi connectivity index (χ1) is 8.88. The van der Waals surface area contributed by atoms with Crippen molar-refractivity contribution in [1.29, 1.82) is 0 Å². The van der Waals surface area contributed by atoms with Crippen molar-refractivity contribution in [3.63, 3.8) is 0 Å². The average molecular weight is 238 g/mol. The Kier molecular flexibility index (Phi) is 2.87. The fourth-order valence-electron chi connectivity index (χ4n) is 2.16. The van der Waals surface area contributed by atoms with Gasteiger partial charge in [-0.1, -0.05) is 54.6 Å². The van der Waals surface area contributed by atoms with Gasteiger partial charge in [0, 0.05) is 18.2 Å². The highest BCUT2D eigenvalue weighted by molar-refractivity contribution is 5.80. The second-order valence-electron chi connectivity index (χ2n) is 4.19. The molecule has 0 saturated carbocycles. The van der Waals surface area contributed by atoms with Crippen molar-refractivity contribution in [1.82, 2.24) is 0 Å². The van der Waals surface area contributed by atoms with Gasteiger partial charge in [0.05, 0.1) is 0 Å². The molecule has 2 nitrogen and oxygen atoms in total. The highest BCUT2D eigenvalue weighted by atomic mass is 16.7. The molecule has 0 bridgehead atoms. The van der Waals surface area contributed by atoms with E-state index in [2.05, 4.69) is 18.2 Å². The first kappa shape index (κ1) is 11.1. The Morgan fingerprint density at radius 3 is 2.50 bits per heavy atom. The molecule has 0 N–H and O–H groups in total. The van der Waals surface area contributed by atoms with Crippen molar-refractivity contribution >= 4 is 11.8 Å². The zero-order valence-electron chi connectivity index (χ0n) is 10.2. The zero-order chi connectivity index (χ0) is 12.4. The van der Waals surface area contributed by atoms with Crippen LogP contribution in [0.5, 0.6) is 0 Å². The molecule has 0 spiro atoms. The highest BCUT2D eigenvalue weighted by Crippen LogP contribution is 2.39. The second kappa shape index (κ2) is 4.67. The number of methoxy groups -OCH3 is 1. The highest BCUT2D eigenvalue weighted by Gasteiger charge is 2.27. The third kappa shape index (κ3) is 1.91. The van der Waals surface area contributed by atoms with Crippen LogP contribution in [0.25, 0.3) is 11.8 Å². The maximum absolute atomic E-state index is 5.82. The summed E-state index contributed by atoms with van der Waals surface area (Å²) in [4.78, 5) is 0. The molecule has 90 valence electrons. The Balaban J connectivity index is 2.03. The normalized spacial score (nSPS) is 19.6. The Morgan fingerprint density at radius 2 is 1.72 bits per heavy atom. The molecule has 2 heteroatoms. The fraction of sp³-hybridized carbons (Fsp3) is 0.125. The summed E-state index contributed by atoms with van der Waals surface area (Å²) in [5, 5.41) is 0. The first-order valence-electron chi connectivity index (χ1n) is 5.94. The lowest BCUT2D eigenvalue weighted by Crippen LogP contribution is -1.96. The van der Waals surface area contributed by atoms with Crippen molar-refractivity contribution in [3.8, 4) is 0 Å². The predicted molar refractivity (Wildman–Crippen MR) is 71.6 cm³/mol. The van der Waals surface area contributed by atoms with E-state index < -0.39 is 0 Å². The van der Waals surface area contributed by atoms with E-state index >= 15 is 0 Å². The zero-order valence-corrected chi connectivity index (χ0v) is 10.2. The Bertz CT molecular complexity index is 573. The predicted octanol–water partition coefficient (Wildman–Crippen LogP) is 3.86. The lowest BCUT2D eigenvalue weighted by Gasteiger charge is -2.08. The summed E-state index contributed by atoms with van der Waals surface area (Å²) < 4.78 is 11.2. The maximum Gasteiger partial charge on any atom is 0.227 e. The van der Waals surface area contributed by atoms with Crippen LogP contribution in [-0.4, -0.2) is 7.11 Å². The van der Waals surface area contributed by atoms with E-state index in [1.54, 1.807) is 7.11 Å². The Morgan fingerprint density at radius 1 is 1.00 bits per heavy atom. The van der Waals surface area contributed by atoms with Crippen LogP contribution in [-0.2, 0) is 9.47 Å². The van der Waals surface area contributed by atoms with Gasteiger partial charge >= 0.3 is 0 Å². The van der Waals surface area contributed by atoms with Crippen LogP contribution >= 0.6 is 0 Å². The van der Waals surface area contributed by atoms with Crippen LogP contribution < -0.4 is 0 Å². The molecule has 0 saturated heterocycles. The fourth-order valence-corrected chi connectivity index (χ4v) is 2.16. The molecule has 3 rings (SSSR count). The summed E-state index contributed by atoms with van der Waals surface area (Å²) >= 11 is 0. The lowest BCUT2D eigenvalue weighted by molar-refractivity contribution is -0.0644. The van der Waals surface area contributed by atoms with Crippen molar-refractivity contribution in [2.45, 2.75) is 6.29 Å². The van der Waals surface area contributed by atoms with E-state index in [4.69, 9.17) is 9.47 Å². The van der Waals surface area contributed by atoms with Gasteiger partial charge in [0.15, 0.2) is 0 Å². The number of benzene rings is 2. The molecular weight excluding hydrogens is 224 g/mol. The molecule has 2 aromatic carbocycles. The van der Waals surface area contributed by atoms with Crippen molar-refractivity contribution in [2.24, 2.45) is 0 Å². The first-order valence-corrected chi connectivity index (χ1v) is 5.94. The van der Waals surface area contributed by atoms with E-state index in [1.807, 2.05) is 42.5 Å². The summed E-state index contributed by atoms with van der Waals surface area (Å²) in [5.74, 6) is 0.864. The minimum Gasteiger partial charge on any atom is -0.460 e. The standard InChI is InChI=1S/C16H14O2/c1-17-16-14-10-6-5-9-13(14)15(18-16)11-12-7-3-2-4-8-12/h2-11,16H,1H3/b15-11-. The Hall–Kier alpha value is -2.06. The topological polar surface area (TPSA) is 18.5 Å². The van der Waals surface area contributed by atoms with Gasteiger partial charge in [-0.05, 0) is 11.6 Å². The van der Waals surface area contributed by atoms with Crippen LogP contribution in [0.1, 0.15) is 23.0 Å². The van der Waals surface area contributed by atoms with Crippen LogP contribution in [0.2, 0.25) is 0 Å². The van der Waals surface area contributed by atoms with E-state index in [0.717, 1.165) is 22.4 Å². The molecule has 1 atom stereocenters. The third-order valence-corrected chi connectivity index (χ3v) is 3.03. The van der Waals surface area contributed by atoms with E-state index in [1.165, 1.54) is 0 Å². The molecule has 1 aliphatic rings. The van der Waals surface area contributed by atoms with Crippen molar-refractivity contribution in [3.05, 3.63) is 71.3 Å².